The Morgan fingerprint density at radius 1 is 1.50 bits per heavy atom. The molecule has 22 heavy (non-hydrogen) atoms. The summed E-state index contributed by atoms with van der Waals surface area (Å²) in [5.74, 6) is -0.251. The molecule has 0 saturated heterocycles. The van der Waals surface area contributed by atoms with Crippen LogP contribution in [0.1, 0.15) is 10.7 Å². The third-order valence-corrected chi connectivity index (χ3v) is 3.58. The molecule has 0 radical (unpaired) electrons. The number of nitrogens with one attached hydrogen (secondary N) is 1. The van der Waals surface area contributed by atoms with Crippen LogP contribution < -0.4 is 10.1 Å². The van der Waals surface area contributed by atoms with Gasteiger partial charge < -0.3 is 10.1 Å². The lowest BCUT2D eigenvalue weighted by Gasteiger charge is -2.12. The molecule has 6 nitrogen and oxygen atoms in total. The zero-order chi connectivity index (χ0) is 16.1. The van der Waals surface area contributed by atoms with Crippen LogP contribution in [0.4, 0.5) is 20.2 Å². The van der Waals surface area contributed by atoms with Crippen molar-refractivity contribution in [3.8, 4) is 5.75 Å². The normalized spacial score (nSPS) is 10.7. The predicted octanol–water partition coefficient (Wildman–Crippen LogP) is 3.62. The Morgan fingerprint density at radius 2 is 2.27 bits per heavy atom. The van der Waals surface area contributed by atoms with Crippen molar-refractivity contribution in [1.29, 1.82) is 0 Å². The van der Waals surface area contributed by atoms with E-state index in [9.17, 15) is 18.9 Å². The number of benzene rings is 1. The molecule has 2 aromatic rings. The Kier molecular flexibility index (Phi) is 5.21. The molecule has 0 saturated carbocycles. The zero-order valence-electron chi connectivity index (χ0n) is 11.6. The van der Waals surface area contributed by atoms with Crippen molar-refractivity contribution in [3.05, 3.63) is 44.4 Å². The maximum atomic E-state index is 12.4. The molecule has 1 aromatic heterocycles. The fourth-order valence-corrected chi connectivity index (χ4v) is 2.46. The predicted molar refractivity (Wildman–Crippen MR) is 78.8 cm³/mol. The number of halogens is 2. The Morgan fingerprint density at radius 3 is 2.86 bits per heavy atom. The van der Waals surface area contributed by atoms with E-state index in [1.165, 1.54) is 23.5 Å². The van der Waals surface area contributed by atoms with Gasteiger partial charge in [0.1, 0.15) is 0 Å². The molecule has 0 unspecified atom stereocenters. The maximum absolute atomic E-state index is 12.4. The third kappa shape index (κ3) is 4.35. The van der Waals surface area contributed by atoms with E-state index in [1.807, 2.05) is 12.3 Å². The standard InChI is InChI=1S/C13H13F2N3O3S/c1-8-17-9(7-22-8)4-5-16-11-3-2-10(18(19)20)6-12(11)21-13(14)15/h2-3,6-7,13,16H,4-5H2,1H3. The first kappa shape index (κ1) is 16.1. The number of hydrogen-bond donors (Lipinski definition) is 1. The van der Waals surface area contributed by atoms with Gasteiger partial charge in [0.15, 0.2) is 5.75 Å². The quantitative estimate of drug-likeness (QED) is 0.620. The molecule has 0 aliphatic carbocycles. The van der Waals surface area contributed by atoms with Gasteiger partial charge in [-0.25, -0.2) is 4.98 Å². The molecule has 9 heteroatoms. The van der Waals surface area contributed by atoms with Gasteiger partial charge in [0, 0.05) is 24.4 Å². The summed E-state index contributed by atoms with van der Waals surface area (Å²) in [6, 6.07) is 3.55. The minimum Gasteiger partial charge on any atom is -0.432 e. The summed E-state index contributed by atoms with van der Waals surface area (Å²) in [5.41, 5.74) is 0.863. The van der Waals surface area contributed by atoms with E-state index in [0.717, 1.165) is 16.8 Å². The summed E-state index contributed by atoms with van der Waals surface area (Å²) in [6.45, 7) is -0.712. The Balaban J connectivity index is 2.06. The first-order valence-electron chi connectivity index (χ1n) is 6.34. The summed E-state index contributed by atoms with van der Waals surface area (Å²) in [4.78, 5) is 14.3. The number of nitrogens with zero attached hydrogens (tertiary/aromatic N) is 2. The van der Waals surface area contributed by atoms with Crippen molar-refractivity contribution < 1.29 is 18.4 Å². The van der Waals surface area contributed by atoms with Gasteiger partial charge in [-0.1, -0.05) is 0 Å². The van der Waals surface area contributed by atoms with Crippen LogP contribution in [-0.2, 0) is 6.42 Å². The highest BCUT2D eigenvalue weighted by atomic mass is 32.1. The van der Waals surface area contributed by atoms with Crippen molar-refractivity contribution in [2.24, 2.45) is 0 Å². The van der Waals surface area contributed by atoms with Crippen LogP contribution >= 0.6 is 11.3 Å². The van der Waals surface area contributed by atoms with Crippen LogP contribution in [0, 0.1) is 17.0 Å². The average Bonchev–Trinajstić information content (AvgIpc) is 2.85. The minimum atomic E-state index is -3.05. The molecule has 0 spiro atoms. The minimum absolute atomic E-state index is 0.251. The van der Waals surface area contributed by atoms with Crippen LogP contribution in [0.2, 0.25) is 0 Å². The number of thiazole rings is 1. The molecule has 1 aromatic carbocycles. The van der Waals surface area contributed by atoms with Crippen molar-refractivity contribution in [2.45, 2.75) is 20.0 Å². The van der Waals surface area contributed by atoms with Gasteiger partial charge in [-0.05, 0) is 13.0 Å². The summed E-state index contributed by atoms with van der Waals surface area (Å²) >= 11 is 1.53. The Labute approximate surface area is 128 Å². The van der Waals surface area contributed by atoms with Crippen LogP contribution in [0.25, 0.3) is 0 Å². The number of anilines is 1. The monoisotopic (exact) mass is 329 g/mol. The van der Waals surface area contributed by atoms with Crippen LogP contribution in [0.3, 0.4) is 0 Å². The lowest BCUT2D eigenvalue weighted by molar-refractivity contribution is -0.385. The second kappa shape index (κ2) is 7.12. The molecule has 2 rings (SSSR count). The van der Waals surface area contributed by atoms with Gasteiger partial charge in [0.25, 0.3) is 5.69 Å². The summed E-state index contributed by atoms with van der Waals surface area (Å²) in [6.07, 6.45) is 0.607. The number of nitro benzene ring substituents is 1. The molecule has 1 heterocycles. The molecule has 118 valence electrons. The molecule has 0 aliphatic rings. The summed E-state index contributed by atoms with van der Waals surface area (Å²) in [5, 5.41) is 16.5. The van der Waals surface area contributed by atoms with Gasteiger partial charge in [-0.15, -0.1) is 11.3 Å². The third-order valence-electron chi connectivity index (χ3n) is 2.76. The van der Waals surface area contributed by atoms with Crippen molar-refractivity contribution >= 4 is 22.7 Å². The second-order valence-corrected chi connectivity index (χ2v) is 5.41. The van der Waals surface area contributed by atoms with E-state index in [2.05, 4.69) is 15.0 Å². The molecule has 0 amide bonds. The van der Waals surface area contributed by atoms with E-state index in [4.69, 9.17) is 0 Å². The van der Waals surface area contributed by atoms with Crippen molar-refractivity contribution in [1.82, 2.24) is 4.98 Å². The number of aryl methyl sites for hydroxylation is 1. The van der Waals surface area contributed by atoms with Gasteiger partial charge in [0.05, 0.1) is 27.4 Å². The smallest absolute Gasteiger partial charge is 0.387 e. The molecular weight excluding hydrogens is 316 g/mol. The highest BCUT2D eigenvalue weighted by molar-refractivity contribution is 7.09. The lowest BCUT2D eigenvalue weighted by Crippen LogP contribution is -2.09. The van der Waals surface area contributed by atoms with E-state index in [0.29, 0.717) is 13.0 Å². The first-order chi connectivity index (χ1) is 10.5. The highest BCUT2D eigenvalue weighted by Crippen LogP contribution is 2.30. The van der Waals surface area contributed by atoms with E-state index >= 15 is 0 Å². The maximum Gasteiger partial charge on any atom is 0.387 e. The largest absolute Gasteiger partial charge is 0.432 e. The van der Waals surface area contributed by atoms with Gasteiger partial charge in [-0.3, -0.25) is 10.1 Å². The van der Waals surface area contributed by atoms with Gasteiger partial charge in [0.2, 0.25) is 0 Å². The number of alkyl halides is 2. The number of hydrogen-bond acceptors (Lipinski definition) is 6. The van der Waals surface area contributed by atoms with Crippen LogP contribution in [0.15, 0.2) is 23.6 Å². The summed E-state index contributed by atoms with van der Waals surface area (Å²) in [7, 11) is 0. The molecule has 0 aliphatic heterocycles. The van der Waals surface area contributed by atoms with Crippen molar-refractivity contribution in [2.75, 3.05) is 11.9 Å². The number of nitro groups is 1. The SMILES string of the molecule is Cc1nc(CCNc2ccc([N+](=O)[O-])cc2OC(F)F)cs1. The second-order valence-electron chi connectivity index (χ2n) is 4.35. The van der Waals surface area contributed by atoms with E-state index < -0.39 is 11.5 Å². The number of rotatable bonds is 7. The van der Waals surface area contributed by atoms with Crippen LogP contribution in [-0.4, -0.2) is 23.1 Å². The molecule has 0 bridgehead atoms. The van der Waals surface area contributed by atoms with Gasteiger partial charge in [-0.2, -0.15) is 8.78 Å². The molecule has 0 fully saturated rings. The molecule has 1 N–H and O–H groups in total. The van der Waals surface area contributed by atoms with Crippen LogP contribution in [0.5, 0.6) is 5.75 Å². The van der Waals surface area contributed by atoms with E-state index in [-0.39, 0.29) is 17.1 Å². The van der Waals surface area contributed by atoms with Crippen molar-refractivity contribution in [3.63, 3.8) is 0 Å². The Bertz CT molecular complexity index is 664. The topological polar surface area (TPSA) is 77.3 Å². The average molecular weight is 329 g/mol. The zero-order valence-corrected chi connectivity index (χ0v) is 12.4. The number of ether oxygens (including phenoxy) is 1. The lowest BCUT2D eigenvalue weighted by atomic mass is 10.2. The fraction of sp³-hybridized carbons (Fsp3) is 0.308. The first-order valence-corrected chi connectivity index (χ1v) is 7.22. The number of non-ortho nitro benzene ring substituents is 1. The van der Waals surface area contributed by atoms with Gasteiger partial charge >= 0.3 is 6.61 Å². The Hall–Kier alpha value is -2.29. The summed E-state index contributed by atoms with van der Waals surface area (Å²) < 4.78 is 29.1. The fourth-order valence-electron chi connectivity index (χ4n) is 1.81. The molecular formula is C13H13F2N3O3S. The highest BCUT2D eigenvalue weighted by Gasteiger charge is 2.15. The number of aromatic nitrogens is 1. The molecule has 0 atom stereocenters. The van der Waals surface area contributed by atoms with E-state index in [1.54, 1.807) is 0 Å².